The van der Waals surface area contributed by atoms with Gasteiger partial charge >= 0.3 is 0 Å². The van der Waals surface area contributed by atoms with Crippen molar-refractivity contribution >= 4 is 5.91 Å². The molecule has 102 valence electrons. The number of carbonyl (C=O) groups is 1. The molecule has 0 radical (unpaired) electrons. The first-order valence-electron chi connectivity index (χ1n) is 6.45. The highest BCUT2D eigenvalue weighted by Gasteiger charge is 2.17. The number of nitrogens with zero attached hydrogens (tertiary/aromatic N) is 4. The predicted molar refractivity (Wildman–Crippen MR) is 70.1 cm³/mol. The first kappa shape index (κ1) is 14.6. The van der Waals surface area contributed by atoms with Crippen molar-refractivity contribution in [3.05, 3.63) is 12.2 Å². The molecule has 1 aromatic rings. The maximum absolute atomic E-state index is 12.0. The van der Waals surface area contributed by atoms with Crippen LogP contribution in [0.25, 0.3) is 0 Å². The van der Waals surface area contributed by atoms with E-state index in [0.717, 1.165) is 25.3 Å². The zero-order valence-electron chi connectivity index (χ0n) is 11.7. The van der Waals surface area contributed by atoms with Crippen molar-refractivity contribution in [2.45, 2.75) is 33.2 Å². The van der Waals surface area contributed by atoms with E-state index in [4.69, 9.17) is 0 Å². The third-order valence-electron chi connectivity index (χ3n) is 2.89. The van der Waals surface area contributed by atoms with Gasteiger partial charge in [0.25, 0.3) is 0 Å². The van der Waals surface area contributed by atoms with Crippen LogP contribution in [0.4, 0.5) is 0 Å². The largest absolute Gasteiger partial charge is 0.342 e. The van der Waals surface area contributed by atoms with E-state index in [1.165, 1.54) is 0 Å². The van der Waals surface area contributed by atoms with Crippen molar-refractivity contribution in [1.82, 2.24) is 25.0 Å². The first-order chi connectivity index (χ1) is 8.58. The van der Waals surface area contributed by atoms with Crippen molar-refractivity contribution in [3.63, 3.8) is 0 Å². The summed E-state index contributed by atoms with van der Waals surface area (Å²) < 4.78 is 1.68. The van der Waals surface area contributed by atoms with Crippen LogP contribution in [-0.4, -0.2) is 51.2 Å². The molecule has 0 spiro atoms. The summed E-state index contributed by atoms with van der Waals surface area (Å²) in [5.41, 5.74) is 0. The van der Waals surface area contributed by atoms with Gasteiger partial charge in [-0.1, -0.05) is 0 Å². The predicted octanol–water partition coefficient (Wildman–Crippen LogP) is 0.204. The fraction of sp³-hybridized carbons (Fsp3) is 0.750. The van der Waals surface area contributed by atoms with Crippen LogP contribution >= 0.6 is 0 Å². The molecule has 1 unspecified atom stereocenters. The molecule has 0 saturated heterocycles. The molecule has 0 bridgehead atoms. The van der Waals surface area contributed by atoms with Gasteiger partial charge in [-0.05, 0) is 20.8 Å². The van der Waals surface area contributed by atoms with Gasteiger partial charge in [0, 0.05) is 33.1 Å². The van der Waals surface area contributed by atoms with Gasteiger partial charge < -0.3 is 10.2 Å². The standard InChI is InChI=1S/C12H23N5O/c1-5-17(6-2)12(18)10(3)13-8-7-11-14-9-16(4)15-11/h9-10,13H,5-8H2,1-4H3. The molecule has 6 heteroatoms. The van der Waals surface area contributed by atoms with Crippen LogP contribution in [0.5, 0.6) is 0 Å². The average molecular weight is 253 g/mol. The second kappa shape index (κ2) is 7.10. The molecule has 0 aliphatic carbocycles. The van der Waals surface area contributed by atoms with Crippen LogP contribution in [0, 0.1) is 0 Å². The Labute approximate surface area is 108 Å². The molecule has 0 aliphatic rings. The summed E-state index contributed by atoms with van der Waals surface area (Å²) in [5.74, 6) is 0.946. The van der Waals surface area contributed by atoms with E-state index < -0.39 is 0 Å². The fourth-order valence-electron chi connectivity index (χ4n) is 1.80. The van der Waals surface area contributed by atoms with Crippen molar-refractivity contribution in [1.29, 1.82) is 0 Å². The van der Waals surface area contributed by atoms with Crippen LogP contribution in [-0.2, 0) is 18.3 Å². The second-order valence-corrected chi connectivity index (χ2v) is 4.27. The molecule has 1 atom stereocenters. The quantitative estimate of drug-likeness (QED) is 0.754. The molecule has 1 amide bonds. The van der Waals surface area contributed by atoms with Gasteiger partial charge in [-0.3, -0.25) is 9.48 Å². The molecule has 0 aromatic carbocycles. The van der Waals surface area contributed by atoms with Crippen LogP contribution < -0.4 is 5.32 Å². The molecule has 6 nitrogen and oxygen atoms in total. The van der Waals surface area contributed by atoms with Gasteiger partial charge in [0.15, 0.2) is 5.82 Å². The third kappa shape index (κ3) is 4.10. The monoisotopic (exact) mass is 253 g/mol. The van der Waals surface area contributed by atoms with E-state index in [-0.39, 0.29) is 11.9 Å². The average Bonchev–Trinajstić information content (AvgIpc) is 2.76. The minimum Gasteiger partial charge on any atom is -0.342 e. The Bertz CT molecular complexity index is 372. The summed E-state index contributed by atoms with van der Waals surface area (Å²) in [6.45, 7) is 8.09. The molecule has 1 N–H and O–H groups in total. The summed E-state index contributed by atoms with van der Waals surface area (Å²) in [6.07, 6.45) is 2.41. The highest BCUT2D eigenvalue weighted by molar-refractivity contribution is 5.81. The molecule has 18 heavy (non-hydrogen) atoms. The number of amides is 1. The summed E-state index contributed by atoms with van der Waals surface area (Å²) >= 11 is 0. The van der Waals surface area contributed by atoms with E-state index in [0.29, 0.717) is 6.54 Å². The van der Waals surface area contributed by atoms with Gasteiger partial charge in [0.1, 0.15) is 6.33 Å². The lowest BCUT2D eigenvalue weighted by atomic mass is 10.2. The summed E-state index contributed by atoms with van der Waals surface area (Å²) in [5, 5.41) is 7.40. The Balaban J connectivity index is 2.32. The number of carbonyl (C=O) groups excluding carboxylic acids is 1. The molecular weight excluding hydrogens is 230 g/mol. The number of aryl methyl sites for hydroxylation is 1. The van der Waals surface area contributed by atoms with Crippen molar-refractivity contribution in [2.24, 2.45) is 7.05 Å². The van der Waals surface area contributed by atoms with E-state index in [1.807, 2.05) is 32.7 Å². The molecule has 0 saturated carbocycles. The number of likely N-dealkylation sites (N-methyl/N-ethyl adjacent to an activating group) is 1. The molecule has 1 rings (SSSR count). The van der Waals surface area contributed by atoms with Crippen molar-refractivity contribution < 1.29 is 4.79 Å². The Hall–Kier alpha value is -1.43. The maximum atomic E-state index is 12.0. The van der Waals surface area contributed by atoms with Crippen molar-refractivity contribution in [2.75, 3.05) is 19.6 Å². The third-order valence-corrected chi connectivity index (χ3v) is 2.89. The number of rotatable bonds is 7. The Morgan fingerprint density at radius 3 is 2.67 bits per heavy atom. The first-order valence-corrected chi connectivity index (χ1v) is 6.45. The smallest absolute Gasteiger partial charge is 0.239 e. The van der Waals surface area contributed by atoms with Crippen LogP contribution in [0.3, 0.4) is 0 Å². The zero-order valence-corrected chi connectivity index (χ0v) is 11.7. The van der Waals surface area contributed by atoms with Crippen LogP contribution in [0.1, 0.15) is 26.6 Å². The van der Waals surface area contributed by atoms with Gasteiger partial charge in [-0.25, -0.2) is 4.98 Å². The van der Waals surface area contributed by atoms with Crippen LogP contribution in [0.15, 0.2) is 6.33 Å². The molecule has 0 aliphatic heterocycles. The van der Waals surface area contributed by atoms with E-state index in [9.17, 15) is 4.79 Å². The number of aromatic nitrogens is 3. The number of hydrogen-bond acceptors (Lipinski definition) is 4. The minimum atomic E-state index is -0.159. The van der Waals surface area contributed by atoms with Gasteiger partial charge in [-0.2, -0.15) is 5.10 Å². The Morgan fingerprint density at radius 2 is 2.17 bits per heavy atom. The summed E-state index contributed by atoms with van der Waals surface area (Å²) in [4.78, 5) is 18.0. The van der Waals surface area contributed by atoms with Crippen molar-refractivity contribution in [3.8, 4) is 0 Å². The minimum absolute atomic E-state index is 0.147. The highest BCUT2D eigenvalue weighted by Crippen LogP contribution is 1.95. The van der Waals surface area contributed by atoms with Crippen LogP contribution in [0.2, 0.25) is 0 Å². The molecule has 1 aromatic heterocycles. The maximum Gasteiger partial charge on any atom is 0.239 e. The SMILES string of the molecule is CCN(CC)C(=O)C(C)NCCc1ncn(C)n1. The lowest BCUT2D eigenvalue weighted by molar-refractivity contribution is -0.132. The number of hydrogen-bond donors (Lipinski definition) is 1. The topological polar surface area (TPSA) is 63.1 Å². The zero-order chi connectivity index (χ0) is 13.5. The van der Waals surface area contributed by atoms with E-state index in [2.05, 4.69) is 15.4 Å². The van der Waals surface area contributed by atoms with Gasteiger partial charge in [0.05, 0.1) is 6.04 Å². The number of nitrogens with one attached hydrogen (secondary N) is 1. The normalized spacial score (nSPS) is 12.4. The second-order valence-electron chi connectivity index (χ2n) is 4.27. The lowest BCUT2D eigenvalue weighted by Crippen LogP contribution is -2.45. The Kier molecular flexibility index (Phi) is 5.77. The Morgan fingerprint density at radius 1 is 1.50 bits per heavy atom. The molecule has 1 heterocycles. The molecule has 0 fully saturated rings. The fourth-order valence-corrected chi connectivity index (χ4v) is 1.80. The van der Waals surface area contributed by atoms with E-state index >= 15 is 0 Å². The lowest BCUT2D eigenvalue weighted by Gasteiger charge is -2.23. The molecular formula is C12H23N5O. The summed E-state index contributed by atoms with van der Waals surface area (Å²) in [6, 6.07) is -0.159. The highest BCUT2D eigenvalue weighted by atomic mass is 16.2. The van der Waals surface area contributed by atoms with E-state index in [1.54, 1.807) is 11.0 Å². The van der Waals surface area contributed by atoms with Gasteiger partial charge in [0.2, 0.25) is 5.91 Å². The summed E-state index contributed by atoms with van der Waals surface area (Å²) in [7, 11) is 1.84. The van der Waals surface area contributed by atoms with Gasteiger partial charge in [-0.15, -0.1) is 0 Å².